The van der Waals surface area contributed by atoms with Gasteiger partial charge in [-0.25, -0.2) is 4.98 Å². The highest BCUT2D eigenvalue weighted by Crippen LogP contribution is 2.17. The van der Waals surface area contributed by atoms with Crippen molar-refractivity contribution in [1.82, 2.24) is 9.97 Å². The molecule has 0 bridgehead atoms. The average Bonchev–Trinajstić information content (AvgIpc) is 2.46. The first kappa shape index (κ1) is 14.1. The Labute approximate surface area is 115 Å². The lowest BCUT2D eigenvalue weighted by Crippen LogP contribution is -2.33. The van der Waals surface area contributed by atoms with Gasteiger partial charge in [-0.15, -0.1) is 0 Å². The number of hydrogen-bond donors (Lipinski definition) is 1. The molecule has 5 nitrogen and oxygen atoms in total. The van der Waals surface area contributed by atoms with Crippen LogP contribution in [0.15, 0.2) is 12.4 Å². The molecule has 1 aliphatic rings. The third-order valence-corrected chi connectivity index (χ3v) is 3.32. The summed E-state index contributed by atoms with van der Waals surface area (Å²) in [5.41, 5.74) is 0. The van der Waals surface area contributed by atoms with E-state index in [-0.39, 0.29) is 0 Å². The van der Waals surface area contributed by atoms with E-state index < -0.39 is 0 Å². The minimum atomic E-state index is 0.327. The summed E-state index contributed by atoms with van der Waals surface area (Å²) in [5, 5.41) is 3.26. The van der Waals surface area contributed by atoms with Gasteiger partial charge in [-0.3, -0.25) is 4.98 Å². The summed E-state index contributed by atoms with van der Waals surface area (Å²) in [5.74, 6) is 1.74. The summed E-state index contributed by atoms with van der Waals surface area (Å²) < 4.78 is 5.76. The molecule has 19 heavy (non-hydrogen) atoms. The zero-order valence-corrected chi connectivity index (χ0v) is 11.9. The summed E-state index contributed by atoms with van der Waals surface area (Å²) >= 11 is 0. The van der Waals surface area contributed by atoms with Crippen molar-refractivity contribution in [3.05, 3.63) is 12.4 Å². The van der Waals surface area contributed by atoms with Gasteiger partial charge in [0.2, 0.25) is 0 Å². The summed E-state index contributed by atoms with van der Waals surface area (Å²) in [6.07, 6.45) is 8.58. The Bertz CT molecular complexity index is 379. The van der Waals surface area contributed by atoms with Crippen molar-refractivity contribution < 1.29 is 4.74 Å². The zero-order chi connectivity index (χ0) is 13.5. The lowest BCUT2D eigenvalue weighted by Gasteiger charge is -2.28. The summed E-state index contributed by atoms with van der Waals surface area (Å²) in [7, 11) is 2.05. The van der Waals surface area contributed by atoms with Crippen LogP contribution < -0.4 is 10.2 Å². The van der Waals surface area contributed by atoms with Gasteiger partial charge in [0.15, 0.2) is 0 Å². The van der Waals surface area contributed by atoms with Crippen molar-refractivity contribution in [2.75, 3.05) is 37.0 Å². The van der Waals surface area contributed by atoms with Crippen LogP contribution in [0.4, 0.5) is 11.6 Å². The molecule has 5 heteroatoms. The number of hydrogen-bond acceptors (Lipinski definition) is 5. The predicted octanol–water partition coefficient (Wildman–Crippen LogP) is 2.30. The number of nitrogens with one attached hydrogen (secondary N) is 1. The fourth-order valence-electron chi connectivity index (χ4n) is 2.23. The molecule has 0 saturated carbocycles. The summed E-state index contributed by atoms with van der Waals surface area (Å²) in [6.45, 7) is 4.83. The van der Waals surface area contributed by atoms with Crippen LogP contribution in [0, 0.1) is 0 Å². The lowest BCUT2D eigenvalue weighted by atomic mass is 10.1. The third kappa shape index (κ3) is 4.35. The monoisotopic (exact) mass is 264 g/mol. The first-order valence-electron chi connectivity index (χ1n) is 7.18. The van der Waals surface area contributed by atoms with E-state index in [1.54, 1.807) is 12.4 Å². The third-order valence-electron chi connectivity index (χ3n) is 3.32. The van der Waals surface area contributed by atoms with Crippen molar-refractivity contribution in [3.8, 4) is 0 Å². The number of ether oxygens (including phenoxy) is 1. The second kappa shape index (κ2) is 7.28. The topological polar surface area (TPSA) is 50.3 Å². The molecule has 1 aromatic heterocycles. The normalized spacial score (nSPS) is 19.2. The van der Waals surface area contributed by atoms with E-state index in [0.717, 1.165) is 44.2 Å². The molecule has 1 N–H and O–H groups in total. The van der Waals surface area contributed by atoms with Crippen LogP contribution in [0.1, 0.15) is 32.6 Å². The Kier molecular flexibility index (Phi) is 5.39. The second-order valence-corrected chi connectivity index (χ2v) is 5.06. The maximum atomic E-state index is 5.76. The molecule has 0 aliphatic carbocycles. The van der Waals surface area contributed by atoms with Gasteiger partial charge in [-0.2, -0.15) is 0 Å². The Balaban J connectivity index is 1.91. The van der Waals surface area contributed by atoms with E-state index in [1.807, 2.05) is 7.05 Å². The van der Waals surface area contributed by atoms with Crippen LogP contribution in [0.2, 0.25) is 0 Å². The molecule has 106 valence electrons. The van der Waals surface area contributed by atoms with Gasteiger partial charge in [-0.1, -0.05) is 6.92 Å². The van der Waals surface area contributed by atoms with Crippen molar-refractivity contribution in [2.24, 2.45) is 0 Å². The second-order valence-electron chi connectivity index (χ2n) is 5.06. The van der Waals surface area contributed by atoms with Gasteiger partial charge in [0.05, 0.1) is 18.5 Å². The smallest absolute Gasteiger partial charge is 0.149 e. The first-order chi connectivity index (χ1) is 9.29. The van der Waals surface area contributed by atoms with Crippen LogP contribution in [0.3, 0.4) is 0 Å². The number of anilines is 2. The molecular formula is C14H24N4O. The van der Waals surface area contributed by atoms with Gasteiger partial charge >= 0.3 is 0 Å². The van der Waals surface area contributed by atoms with Gasteiger partial charge in [0, 0.05) is 26.7 Å². The van der Waals surface area contributed by atoms with Crippen molar-refractivity contribution in [3.63, 3.8) is 0 Å². The van der Waals surface area contributed by atoms with Crippen molar-refractivity contribution in [1.29, 1.82) is 0 Å². The average molecular weight is 264 g/mol. The number of aromatic nitrogens is 2. The fraction of sp³-hybridized carbons (Fsp3) is 0.714. The number of nitrogens with zero attached hydrogens (tertiary/aromatic N) is 3. The molecule has 2 rings (SSSR count). The zero-order valence-electron chi connectivity index (χ0n) is 11.9. The van der Waals surface area contributed by atoms with Crippen LogP contribution in [0.5, 0.6) is 0 Å². The van der Waals surface area contributed by atoms with Gasteiger partial charge in [0.1, 0.15) is 11.6 Å². The van der Waals surface area contributed by atoms with E-state index >= 15 is 0 Å². The highest BCUT2D eigenvalue weighted by molar-refractivity contribution is 5.43. The van der Waals surface area contributed by atoms with E-state index in [9.17, 15) is 0 Å². The molecule has 1 atom stereocenters. The highest BCUT2D eigenvalue weighted by Gasteiger charge is 2.16. The molecule has 1 unspecified atom stereocenters. The first-order valence-corrected chi connectivity index (χ1v) is 7.18. The van der Waals surface area contributed by atoms with Crippen LogP contribution >= 0.6 is 0 Å². The van der Waals surface area contributed by atoms with Crippen LogP contribution in [-0.2, 0) is 4.74 Å². The molecular weight excluding hydrogens is 240 g/mol. The Hall–Kier alpha value is -1.36. The summed E-state index contributed by atoms with van der Waals surface area (Å²) in [4.78, 5) is 10.9. The fourth-order valence-corrected chi connectivity index (χ4v) is 2.23. The van der Waals surface area contributed by atoms with Crippen molar-refractivity contribution in [2.45, 2.75) is 38.7 Å². The molecule has 1 aliphatic heterocycles. The Morgan fingerprint density at radius 1 is 1.42 bits per heavy atom. The molecule has 0 spiro atoms. The molecule has 1 aromatic rings. The molecule has 2 heterocycles. The molecule has 0 aromatic carbocycles. The molecule has 1 saturated heterocycles. The van der Waals surface area contributed by atoms with Gasteiger partial charge in [0.25, 0.3) is 0 Å². The SMILES string of the molecule is CCCNc1cncc(N(C)CC2CCCCO2)n1. The standard InChI is InChI=1S/C14H24N4O/c1-3-7-16-13-9-15-10-14(17-13)18(2)11-12-6-4-5-8-19-12/h9-10,12H,3-8,11H2,1-2H3,(H,16,17). The number of rotatable bonds is 6. The molecule has 0 radical (unpaired) electrons. The lowest BCUT2D eigenvalue weighted by molar-refractivity contribution is 0.0215. The van der Waals surface area contributed by atoms with E-state index in [1.165, 1.54) is 12.8 Å². The Morgan fingerprint density at radius 3 is 3.05 bits per heavy atom. The van der Waals surface area contributed by atoms with Gasteiger partial charge < -0.3 is 15.0 Å². The quantitative estimate of drug-likeness (QED) is 0.854. The minimum Gasteiger partial charge on any atom is -0.376 e. The predicted molar refractivity (Wildman–Crippen MR) is 77.7 cm³/mol. The van der Waals surface area contributed by atoms with E-state index in [2.05, 4.69) is 27.1 Å². The number of likely N-dealkylation sites (N-methyl/N-ethyl adjacent to an activating group) is 1. The summed E-state index contributed by atoms with van der Waals surface area (Å²) in [6, 6.07) is 0. The van der Waals surface area contributed by atoms with E-state index in [0.29, 0.717) is 6.10 Å². The van der Waals surface area contributed by atoms with Crippen LogP contribution in [-0.4, -0.2) is 42.8 Å². The molecule has 0 amide bonds. The maximum absolute atomic E-state index is 5.76. The maximum Gasteiger partial charge on any atom is 0.149 e. The Morgan fingerprint density at radius 2 is 2.32 bits per heavy atom. The highest BCUT2D eigenvalue weighted by atomic mass is 16.5. The van der Waals surface area contributed by atoms with E-state index in [4.69, 9.17) is 4.74 Å². The largest absolute Gasteiger partial charge is 0.376 e. The van der Waals surface area contributed by atoms with Crippen LogP contribution in [0.25, 0.3) is 0 Å². The van der Waals surface area contributed by atoms with Gasteiger partial charge in [-0.05, 0) is 25.7 Å². The molecule has 1 fully saturated rings. The minimum absolute atomic E-state index is 0.327. The van der Waals surface area contributed by atoms with Crippen molar-refractivity contribution >= 4 is 11.6 Å².